The molecule has 2 aliphatic heterocycles. The third-order valence-electron chi connectivity index (χ3n) is 6.29. The average Bonchev–Trinajstić information content (AvgIpc) is 3.35. The van der Waals surface area contributed by atoms with Gasteiger partial charge in [0.2, 0.25) is 10.0 Å². The number of likely N-dealkylation sites (tertiary alicyclic amines) is 1. The Morgan fingerprint density at radius 2 is 1.86 bits per heavy atom. The first-order valence-corrected chi connectivity index (χ1v) is 11.6. The number of H-pyrrole nitrogens is 1. The molecule has 5 rings (SSSR count). The highest BCUT2D eigenvalue weighted by atomic mass is 32.2. The van der Waals surface area contributed by atoms with Crippen molar-refractivity contribution in [1.29, 1.82) is 0 Å². The topological polar surface area (TPSA) is 56.4 Å². The average molecular weight is 396 g/mol. The summed E-state index contributed by atoms with van der Waals surface area (Å²) in [6, 6.07) is 18.7. The summed E-state index contributed by atoms with van der Waals surface area (Å²) in [6.45, 7) is 3.41. The zero-order valence-electron chi connectivity index (χ0n) is 16.0. The van der Waals surface area contributed by atoms with Crippen molar-refractivity contribution in [3.05, 3.63) is 71.9 Å². The van der Waals surface area contributed by atoms with Gasteiger partial charge < -0.3 is 4.98 Å². The maximum Gasteiger partial charge on any atom is 0.211 e. The molecule has 3 atom stereocenters. The van der Waals surface area contributed by atoms with Crippen LogP contribution < -0.4 is 0 Å². The van der Waals surface area contributed by atoms with Crippen LogP contribution in [0.15, 0.2) is 60.8 Å². The summed E-state index contributed by atoms with van der Waals surface area (Å²) >= 11 is 0. The van der Waals surface area contributed by atoms with Crippen molar-refractivity contribution in [1.82, 2.24) is 14.2 Å². The first kappa shape index (κ1) is 17.9. The number of nitrogens with one attached hydrogen (secondary N) is 1. The van der Waals surface area contributed by atoms with Crippen LogP contribution in [0.25, 0.3) is 10.9 Å². The molecule has 2 aliphatic rings. The zero-order chi connectivity index (χ0) is 19.3. The summed E-state index contributed by atoms with van der Waals surface area (Å²) in [4.78, 5) is 5.72. The molecule has 0 spiro atoms. The summed E-state index contributed by atoms with van der Waals surface area (Å²) in [5.74, 6) is 0.726. The molecule has 0 unspecified atom stereocenters. The maximum absolute atomic E-state index is 12.4. The van der Waals surface area contributed by atoms with E-state index in [2.05, 4.69) is 46.3 Å². The lowest BCUT2D eigenvalue weighted by Gasteiger charge is -2.28. The summed E-state index contributed by atoms with van der Waals surface area (Å²) in [5.41, 5.74) is 3.58. The van der Waals surface area contributed by atoms with Gasteiger partial charge in [-0.1, -0.05) is 36.4 Å². The largest absolute Gasteiger partial charge is 0.361 e. The molecule has 5 nitrogen and oxygen atoms in total. The lowest BCUT2D eigenvalue weighted by molar-refractivity contribution is 0.261. The third kappa shape index (κ3) is 3.15. The van der Waals surface area contributed by atoms with E-state index in [-0.39, 0.29) is 6.04 Å². The fraction of sp³-hybridized carbons (Fsp3) is 0.364. The van der Waals surface area contributed by atoms with Gasteiger partial charge in [-0.15, -0.1) is 0 Å². The van der Waals surface area contributed by atoms with Crippen LogP contribution in [0, 0.1) is 11.8 Å². The van der Waals surface area contributed by atoms with E-state index in [0.717, 1.165) is 30.7 Å². The minimum atomic E-state index is -3.22. The van der Waals surface area contributed by atoms with Gasteiger partial charge in [0.25, 0.3) is 0 Å². The van der Waals surface area contributed by atoms with Crippen molar-refractivity contribution in [2.75, 3.05) is 25.9 Å². The van der Waals surface area contributed by atoms with Gasteiger partial charge in [-0.25, -0.2) is 8.42 Å². The molecule has 1 N–H and O–H groups in total. The first-order chi connectivity index (χ1) is 13.5. The van der Waals surface area contributed by atoms with Crippen molar-refractivity contribution in [2.45, 2.75) is 12.6 Å². The van der Waals surface area contributed by atoms with Crippen molar-refractivity contribution in [3.63, 3.8) is 0 Å². The van der Waals surface area contributed by atoms with E-state index >= 15 is 0 Å². The molecule has 6 heteroatoms. The third-order valence-corrected chi connectivity index (χ3v) is 7.52. The van der Waals surface area contributed by atoms with Crippen molar-refractivity contribution < 1.29 is 8.42 Å². The minimum Gasteiger partial charge on any atom is -0.361 e. The van der Waals surface area contributed by atoms with Gasteiger partial charge in [0.15, 0.2) is 0 Å². The Hall–Kier alpha value is -2.15. The van der Waals surface area contributed by atoms with Crippen molar-refractivity contribution in [2.24, 2.45) is 11.8 Å². The van der Waals surface area contributed by atoms with Gasteiger partial charge >= 0.3 is 0 Å². The predicted octanol–water partition coefficient (Wildman–Crippen LogP) is 3.23. The van der Waals surface area contributed by atoms with Gasteiger partial charge in [0, 0.05) is 37.9 Å². The highest BCUT2D eigenvalue weighted by Gasteiger charge is 2.50. The van der Waals surface area contributed by atoms with E-state index in [1.807, 2.05) is 24.4 Å². The van der Waals surface area contributed by atoms with Gasteiger partial charge in [0.1, 0.15) is 0 Å². The molecule has 3 heterocycles. The first-order valence-electron chi connectivity index (χ1n) is 9.79. The predicted molar refractivity (Wildman–Crippen MR) is 111 cm³/mol. The Kier molecular flexibility index (Phi) is 4.30. The molecule has 146 valence electrons. The van der Waals surface area contributed by atoms with E-state index < -0.39 is 10.0 Å². The number of hydrogen-bond donors (Lipinski definition) is 1. The van der Waals surface area contributed by atoms with Crippen LogP contribution in [0.3, 0.4) is 0 Å². The highest BCUT2D eigenvalue weighted by Crippen LogP contribution is 2.46. The van der Waals surface area contributed by atoms with E-state index in [1.54, 1.807) is 4.31 Å². The molecule has 2 saturated heterocycles. The molecule has 0 radical (unpaired) electrons. The molecule has 28 heavy (non-hydrogen) atoms. The van der Waals surface area contributed by atoms with Crippen LogP contribution in [-0.2, 0) is 16.6 Å². The molecule has 0 bridgehead atoms. The van der Waals surface area contributed by atoms with Gasteiger partial charge in [-0.05, 0) is 46.5 Å². The fourth-order valence-electron chi connectivity index (χ4n) is 5.09. The van der Waals surface area contributed by atoms with Crippen LogP contribution in [0.2, 0.25) is 0 Å². The second-order valence-corrected chi connectivity index (χ2v) is 10.1. The van der Waals surface area contributed by atoms with Crippen LogP contribution in [0.4, 0.5) is 0 Å². The van der Waals surface area contributed by atoms with E-state index in [9.17, 15) is 8.42 Å². The Balaban J connectivity index is 1.39. The second kappa shape index (κ2) is 6.72. The number of hydrogen-bond acceptors (Lipinski definition) is 3. The number of nitrogens with zero attached hydrogens (tertiary/aromatic N) is 2. The second-order valence-electron chi connectivity index (χ2n) is 8.21. The van der Waals surface area contributed by atoms with Crippen molar-refractivity contribution >= 4 is 20.9 Å². The quantitative estimate of drug-likeness (QED) is 0.738. The normalized spacial score (nSPS) is 26.1. The number of sulfonamides is 1. The smallest absolute Gasteiger partial charge is 0.211 e. The van der Waals surface area contributed by atoms with E-state index in [0.29, 0.717) is 18.4 Å². The summed E-state index contributed by atoms with van der Waals surface area (Å²) in [7, 11) is -3.22. The summed E-state index contributed by atoms with van der Waals surface area (Å²) in [6.07, 6.45) is 3.31. The number of fused-ring (bicyclic) bond motifs is 2. The number of aromatic nitrogens is 1. The zero-order valence-corrected chi connectivity index (χ0v) is 16.8. The van der Waals surface area contributed by atoms with E-state index in [4.69, 9.17) is 0 Å². The number of rotatable bonds is 4. The molecule has 3 aromatic rings. The highest BCUT2D eigenvalue weighted by molar-refractivity contribution is 7.88. The maximum atomic E-state index is 12.4. The Bertz CT molecular complexity index is 1090. The molecule has 0 amide bonds. The molecular weight excluding hydrogens is 370 g/mol. The molecule has 1 aromatic heterocycles. The van der Waals surface area contributed by atoms with Gasteiger partial charge in [0.05, 0.1) is 12.3 Å². The fourth-order valence-corrected chi connectivity index (χ4v) is 6.24. The molecule has 0 aliphatic carbocycles. The number of aromatic amines is 1. The van der Waals surface area contributed by atoms with Crippen LogP contribution in [0.5, 0.6) is 0 Å². The van der Waals surface area contributed by atoms with Crippen LogP contribution in [0.1, 0.15) is 17.2 Å². The van der Waals surface area contributed by atoms with Crippen molar-refractivity contribution in [3.8, 4) is 0 Å². The van der Waals surface area contributed by atoms with Crippen LogP contribution in [-0.4, -0.2) is 48.5 Å². The molecule has 2 aromatic carbocycles. The summed E-state index contributed by atoms with van der Waals surface area (Å²) in [5, 5.41) is 1.24. The monoisotopic (exact) mass is 395 g/mol. The van der Waals surface area contributed by atoms with Gasteiger partial charge in [-0.2, -0.15) is 4.31 Å². The molecule has 2 fully saturated rings. The standard InChI is InChI=1S/C22H25N3O2S/c1-28(26,27)25-14-19-13-24(12-16-7-8-21-18(11-16)9-10-23-21)15-20(19)22(25)17-5-3-2-4-6-17/h2-11,19-20,22-23H,12-15H2,1H3/t19-,20-,22+/m1/s1. The van der Waals surface area contributed by atoms with Gasteiger partial charge in [-0.3, -0.25) is 4.90 Å². The lowest BCUT2D eigenvalue weighted by atomic mass is 9.90. The Morgan fingerprint density at radius 3 is 2.64 bits per heavy atom. The number of benzene rings is 2. The minimum absolute atomic E-state index is 0.0571. The van der Waals surface area contributed by atoms with E-state index in [1.165, 1.54) is 17.2 Å². The summed E-state index contributed by atoms with van der Waals surface area (Å²) < 4.78 is 26.6. The van der Waals surface area contributed by atoms with Crippen LogP contribution >= 0.6 is 0 Å². The lowest BCUT2D eigenvalue weighted by Crippen LogP contribution is -2.34. The Morgan fingerprint density at radius 1 is 1.04 bits per heavy atom. The molecular formula is C22H25N3O2S. The molecule has 0 saturated carbocycles. The SMILES string of the molecule is CS(=O)(=O)N1C[C@H]2CN(Cc3ccc4[nH]ccc4c3)C[C@H]2[C@@H]1c1ccccc1. The Labute approximate surface area is 166 Å².